The molecule has 2 heteroatoms. The zero-order valence-corrected chi connectivity index (χ0v) is 9.87. The second-order valence-electron chi connectivity index (χ2n) is 1.85. The second-order valence-corrected chi connectivity index (χ2v) is 1.85. The van der Waals surface area contributed by atoms with Crippen LogP contribution in [0.15, 0.2) is 23.4 Å². The van der Waals surface area contributed by atoms with Crippen molar-refractivity contribution in [2.45, 2.75) is 34.6 Å². The molecule has 0 saturated heterocycles. The Kier molecular flexibility index (Phi) is 12.7. The minimum atomic E-state index is 0.762. The van der Waals surface area contributed by atoms with Gasteiger partial charge in [-0.1, -0.05) is 51.6 Å². The van der Waals surface area contributed by atoms with Crippen molar-refractivity contribution in [3.63, 3.8) is 0 Å². The summed E-state index contributed by atoms with van der Waals surface area (Å²) >= 11 is 0. The molecular formula is C12H21NO. The number of nitrogens with zero attached hydrogens (tertiary/aromatic N) is 1. The molecule has 1 aromatic heterocycles. The number of hydrogen-bond acceptors (Lipinski definition) is 2. The van der Waals surface area contributed by atoms with Crippen molar-refractivity contribution in [3.8, 4) is 0 Å². The summed E-state index contributed by atoms with van der Waals surface area (Å²) in [4.78, 5) is 0. The molecule has 0 amide bonds. The van der Waals surface area contributed by atoms with Gasteiger partial charge in [0, 0.05) is 5.56 Å². The second kappa shape index (κ2) is 11.7. The Morgan fingerprint density at radius 1 is 1.29 bits per heavy atom. The molecule has 1 rings (SSSR count). The van der Waals surface area contributed by atoms with E-state index >= 15 is 0 Å². The lowest BCUT2D eigenvalue weighted by Crippen LogP contribution is -1.67. The van der Waals surface area contributed by atoms with Crippen molar-refractivity contribution in [1.82, 2.24) is 5.16 Å². The van der Waals surface area contributed by atoms with Crippen LogP contribution in [0, 0.1) is 0 Å². The van der Waals surface area contributed by atoms with Gasteiger partial charge in [-0.3, -0.25) is 0 Å². The van der Waals surface area contributed by atoms with E-state index in [1.54, 1.807) is 12.3 Å². The molecule has 14 heavy (non-hydrogen) atoms. The lowest BCUT2D eigenvalue weighted by Gasteiger charge is -1.82. The Bertz CT molecular complexity index is 249. The summed E-state index contributed by atoms with van der Waals surface area (Å²) in [6, 6.07) is 0. The van der Waals surface area contributed by atoms with E-state index in [1.807, 2.05) is 46.8 Å². The molecule has 1 aromatic rings. The number of aromatic nitrogens is 1. The standard InChI is InChI=1S/C8H9NO.2C2H6/c1-3-5-8-7(4-2)6-9-10-8;2*1-2/h3-6H,2H2,1H3;2*1-2H3/b5-3-;;. The summed E-state index contributed by atoms with van der Waals surface area (Å²) < 4.78 is 4.89. The van der Waals surface area contributed by atoms with Gasteiger partial charge in [0.25, 0.3) is 0 Å². The Labute approximate surface area is 87.3 Å². The third-order valence-corrected chi connectivity index (χ3v) is 1.17. The van der Waals surface area contributed by atoms with Crippen molar-refractivity contribution in [2.24, 2.45) is 0 Å². The molecule has 0 radical (unpaired) electrons. The quantitative estimate of drug-likeness (QED) is 0.699. The van der Waals surface area contributed by atoms with E-state index in [1.165, 1.54) is 0 Å². The highest BCUT2D eigenvalue weighted by atomic mass is 16.5. The van der Waals surface area contributed by atoms with Crippen molar-refractivity contribution in [1.29, 1.82) is 0 Å². The maximum Gasteiger partial charge on any atom is 0.166 e. The van der Waals surface area contributed by atoms with Gasteiger partial charge in [0.05, 0.1) is 6.20 Å². The summed E-state index contributed by atoms with van der Waals surface area (Å²) in [5.74, 6) is 0.762. The summed E-state index contributed by atoms with van der Waals surface area (Å²) in [5.41, 5.74) is 0.929. The van der Waals surface area contributed by atoms with Crippen LogP contribution in [0.1, 0.15) is 45.9 Å². The van der Waals surface area contributed by atoms with Crippen LogP contribution in [0.3, 0.4) is 0 Å². The molecule has 0 bridgehead atoms. The van der Waals surface area contributed by atoms with Gasteiger partial charge in [0.15, 0.2) is 5.76 Å². The van der Waals surface area contributed by atoms with Gasteiger partial charge in [-0.2, -0.15) is 0 Å². The first-order valence-corrected chi connectivity index (χ1v) is 5.08. The molecule has 0 aliphatic carbocycles. The zero-order chi connectivity index (χ0) is 11.4. The molecule has 0 unspecified atom stereocenters. The van der Waals surface area contributed by atoms with Gasteiger partial charge in [-0.15, -0.1) is 0 Å². The van der Waals surface area contributed by atoms with E-state index in [4.69, 9.17) is 4.52 Å². The SMILES string of the molecule is C=Cc1cnoc1/C=C\C.CC.CC. The van der Waals surface area contributed by atoms with Gasteiger partial charge >= 0.3 is 0 Å². The van der Waals surface area contributed by atoms with Crippen molar-refractivity contribution in [3.05, 3.63) is 30.2 Å². The topological polar surface area (TPSA) is 26.0 Å². The molecule has 0 N–H and O–H groups in total. The van der Waals surface area contributed by atoms with Crippen LogP contribution >= 0.6 is 0 Å². The fourth-order valence-electron chi connectivity index (χ4n) is 0.688. The van der Waals surface area contributed by atoms with E-state index in [2.05, 4.69) is 11.7 Å². The average Bonchev–Trinajstić information content (AvgIpc) is 2.72. The van der Waals surface area contributed by atoms with Crippen LogP contribution in [0.25, 0.3) is 12.2 Å². The molecule has 0 fully saturated rings. The largest absolute Gasteiger partial charge is 0.356 e. The molecule has 0 atom stereocenters. The fraction of sp³-hybridized carbons (Fsp3) is 0.417. The third kappa shape index (κ3) is 5.36. The lowest BCUT2D eigenvalue weighted by molar-refractivity contribution is 0.412. The lowest BCUT2D eigenvalue weighted by atomic mass is 10.2. The molecular weight excluding hydrogens is 174 g/mol. The molecule has 80 valence electrons. The molecule has 0 aliphatic heterocycles. The zero-order valence-electron chi connectivity index (χ0n) is 9.87. The highest BCUT2D eigenvalue weighted by Crippen LogP contribution is 2.10. The minimum absolute atomic E-state index is 0.762. The predicted octanol–water partition coefficient (Wildman–Crippen LogP) is 4.40. The van der Waals surface area contributed by atoms with E-state index in [-0.39, 0.29) is 0 Å². The summed E-state index contributed by atoms with van der Waals surface area (Å²) in [5, 5.41) is 3.61. The molecule has 2 nitrogen and oxygen atoms in total. The third-order valence-electron chi connectivity index (χ3n) is 1.17. The van der Waals surface area contributed by atoms with Crippen molar-refractivity contribution in [2.75, 3.05) is 0 Å². The number of rotatable bonds is 2. The maximum absolute atomic E-state index is 4.89. The van der Waals surface area contributed by atoms with E-state index in [0.717, 1.165) is 11.3 Å². The number of hydrogen-bond donors (Lipinski definition) is 0. The first kappa shape index (κ1) is 15.2. The van der Waals surface area contributed by atoms with Crippen LogP contribution in [0.5, 0.6) is 0 Å². The van der Waals surface area contributed by atoms with Gasteiger partial charge in [0.2, 0.25) is 0 Å². The van der Waals surface area contributed by atoms with Crippen LogP contribution < -0.4 is 0 Å². The first-order chi connectivity index (χ1) is 6.88. The van der Waals surface area contributed by atoms with Gasteiger partial charge < -0.3 is 4.52 Å². The predicted molar refractivity (Wildman–Crippen MR) is 64.0 cm³/mol. The highest BCUT2D eigenvalue weighted by Gasteiger charge is 1.97. The smallest absolute Gasteiger partial charge is 0.166 e. The highest BCUT2D eigenvalue weighted by molar-refractivity contribution is 5.58. The summed E-state index contributed by atoms with van der Waals surface area (Å²) in [6.45, 7) is 13.5. The van der Waals surface area contributed by atoms with Crippen LogP contribution in [-0.2, 0) is 0 Å². The maximum atomic E-state index is 4.89. The average molecular weight is 195 g/mol. The fourth-order valence-corrected chi connectivity index (χ4v) is 0.688. The Balaban J connectivity index is 0. The van der Waals surface area contributed by atoms with Gasteiger partial charge in [0.1, 0.15) is 0 Å². The Morgan fingerprint density at radius 2 is 1.86 bits per heavy atom. The number of allylic oxidation sites excluding steroid dienone is 1. The van der Waals surface area contributed by atoms with E-state index < -0.39 is 0 Å². The molecule has 0 aliphatic rings. The van der Waals surface area contributed by atoms with Crippen LogP contribution in [0.2, 0.25) is 0 Å². The normalized spacial score (nSPS) is 8.36. The van der Waals surface area contributed by atoms with E-state index in [9.17, 15) is 0 Å². The summed E-state index contributed by atoms with van der Waals surface area (Å²) in [7, 11) is 0. The Hall–Kier alpha value is -1.31. The van der Waals surface area contributed by atoms with E-state index in [0.29, 0.717) is 0 Å². The van der Waals surface area contributed by atoms with Gasteiger partial charge in [-0.25, -0.2) is 0 Å². The molecule has 0 aromatic carbocycles. The Morgan fingerprint density at radius 3 is 2.29 bits per heavy atom. The monoisotopic (exact) mass is 195 g/mol. The van der Waals surface area contributed by atoms with Crippen LogP contribution in [0.4, 0.5) is 0 Å². The van der Waals surface area contributed by atoms with Crippen LogP contribution in [-0.4, -0.2) is 5.16 Å². The van der Waals surface area contributed by atoms with Crippen molar-refractivity contribution < 1.29 is 4.52 Å². The molecule has 0 spiro atoms. The molecule has 1 heterocycles. The first-order valence-electron chi connectivity index (χ1n) is 5.08. The summed E-state index contributed by atoms with van der Waals surface area (Å²) in [6.07, 6.45) is 7.10. The van der Waals surface area contributed by atoms with Crippen molar-refractivity contribution >= 4 is 12.2 Å². The van der Waals surface area contributed by atoms with Gasteiger partial charge in [-0.05, 0) is 13.0 Å². The minimum Gasteiger partial charge on any atom is -0.356 e. The molecule has 0 saturated carbocycles.